The van der Waals surface area contributed by atoms with Crippen molar-refractivity contribution in [3.63, 3.8) is 0 Å². The van der Waals surface area contributed by atoms with Crippen LogP contribution in [0.1, 0.15) is 13.8 Å². The minimum Gasteiger partial charge on any atom is -0.380 e. The summed E-state index contributed by atoms with van der Waals surface area (Å²) < 4.78 is 53.2. The fraction of sp³-hybridized carbons (Fsp3) is 0.368. The Morgan fingerprint density at radius 2 is 1.50 bits per heavy atom. The second-order valence-electron chi connectivity index (χ2n) is 5.79. The molecule has 0 aliphatic carbocycles. The Morgan fingerprint density at radius 3 is 1.96 bits per heavy atom. The summed E-state index contributed by atoms with van der Waals surface area (Å²) in [6, 6.07) is 12.4. The molecule has 9 heteroatoms. The normalized spacial score (nSPS) is 12.0. The molecule has 0 N–H and O–H groups in total. The zero-order valence-corrected chi connectivity index (χ0v) is 16.6. The van der Waals surface area contributed by atoms with Crippen LogP contribution in [0, 0.1) is 0 Å². The second kappa shape index (κ2) is 10.2. The summed E-state index contributed by atoms with van der Waals surface area (Å²) in [5.74, 6) is -3.45. The number of ether oxygens (including phenoxy) is 1. The van der Waals surface area contributed by atoms with E-state index in [9.17, 15) is 17.2 Å². The summed E-state index contributed by atoms with van der Waals surface area (Å²) in [4.78, 5) is 1.73. The lowest BCUT2D eigenvalue weighted by molar-refractivity contribution is 0.154. The van der Waals surface area contributed by atoms with Crippen molar-refractivity contribution in [2.45, 2.75) is 24.5 Å². The van der Waals surface area contributed by atoms with Crippen LogP contribution in [0.15, 0.2) is 63.7 Å². The third-order valence-electron chi connectivity index (χ3n) is 3.99. The Kier molecular flexibility index (Phi) is 8.01. The topological polar surface area (TPSA) is 71.3 Å². The molecule has 2 rings (SSSR count). The van der Waals surface area contributed by atoms with E-state index < -0.39 is 20.5 Å². The fourth-order valence-corrected chi connectivity index (χ4v) is 3.16. The van der Waals surface area contributed by atoms with Crippen molar-refractivity contribution in [2.24, 2.45) is 10.2 Å². The van der Waals surface area contributed by atoms with E-state index >= 15 is 0 Å². The zero-order valence-electron chi connectivity index (χ0n) is 15.8. The standard InChI is InChI=1S/C19H23F2N3O3S/c1-3-24(13-14-27-4-2)17-9-5-15(6-10-17)22-23-16-7-11-18(12-8-16)28(25,26)19(20)21/h5-12,19H,3-4,13-14H2,1-2H3. The van der Waals surface area contributed by atoms with Gasteiger partial charge in [-0.15, -0.1) is 0 Å². The summed E-state index contributed by atoms with van der Waals surface area (Å²) in [7, 11) is -4.60. The van der Waals surface area contributed by atoms with Gasteiger partial charge in [0.1, 0.15) is 0 Å². The number of hydrogen-bond donors (Lipinski definition) is 0. The fourth-order valence-electron chi connectivity index (χ4n) is 2.44. The van der Waals surface area contributed by atoms with E-state index in [-0.39, 0.29) is 0 Å². The summed E-state index contributed by atoms with van der Waals surface area (Å²) in [6.07, 6.45) is 0. The van der Waals surface area contributed by atoms with Gasteiger partial charge in [-0.1, -0.05) is 0 Å². The summed E-state index contributed by atoms with van der Waals surface area (Å²) in [5.41, 5.74) is 2.03. The predicted molar refractivity (Wildman–Crippen MR) is 105 cm³/mol. The van der Waals surface area contributed by atoms with Crippen molar-refractivity contribution >= 4 is 26.9 Å². The van der Waals surface area contributed by atoms with Gasteiger partial charge in [0.15, 0.2) is 0 Å². The average molecular weight is 411 g/mol. The maximum absolute atomic E-state index is 12.5. The molecule has 2 aromatic carbocycles. The van der Waals surface area contributed by atoms with Crippen LogP contribution in [0.2, 0.25) is 0 Å². The Morgan fingerprint density at radius 1 is 0.964 bits per heavy atom. The number of alkyl halides is 2. The van der Waals surface area contributed by atoms with Crippen molar-refractivity contribution in [2.75, 3.05) is 31.2 Å². The molecule has 0 fully saturated rings. The van der Waals surface area contributed by atoms with Gasteiger partial charge in [-0.3, -0.25) is 0 Å². The molecule has 0 radical (unpaired) electrons. The molecule has 0 spiro atoms. The number of anilines is 1. The maximum Gasteiger partial charge on any atom is 0.341 e. The highest BCUT2D eigenvalue weighted by Gasteiger charge is 2.26. The largest absolute Gasteiger partial charge is 0.380 e. The number of hydrogen-bond acceptors (Lipinski definition) is 6. The van der Waals surface area contributed by atoms with Crippen LogP contribution in [0.4, 0.5) is 25.8 Å². The second-order valence-corrected chi connectivity index (χ2v) is 7.71. The van der Waals surface area contributed by atoms with Crippen LogP contribution < -0.4 is 4.90 Å². The van der Waals surface area contributed by atoms with Crippen LogP contribution in [-0.2, 0) is 14.6 Å². The van der Waals surface area contributed by atoms with Crippen LogP contribution in [0.25, 0.3) is 0 Å². The molecule has 0 aliphatic heterocycles. The SMILES string of the molecule is CCOCCN(CC)c1ccc(N=Nc2ccc(S(=O)(=O)C(F)F)cc2)cc1. The zero-order chi connectivity index (χ0) is 20.6. The first-order valence-electron chi connectivity index (χ1n) is 8.85. The highest BCUT2D eigenvalue weighted by atomic mass is 32.2. The minimum absolute atomic E-state index is 0.365. The molecule has 28 heavy (non-hydrogen) atoms. The first-order chi connectivity index (χ1) is 13.4. The summed E-state index contributed by atoms with van der Waals surface area (Å²) in [6.45, 7) is 7.01. The monoisotopic (exact) mass is 411 g/mol. The molecule has 0 saturated heterocycles. The third kappa shape index (κ3) is 5.80. The molecule has 0 heterocycles. The third-order valence-corrected chi connectivity index (χ3v) is 5.39. The lowest BCUT2D eigenvalue weighted by Crippen LogP contribution is -2.26. The van der Waals surface area contributed by atoms with Crippen LogP contribution in [0.5, 0.6) is 0 Å². The first-order valence-corrected chi connectivity index (χ1v) is 10.4. The van der Waals surface area contributed by atoms with E-state index in [2.05, 4.69) is 22.1 Å². The molecule has 6 nitrogen and oxygen atoms in total. The first kappa shape index (κ1) is 21.9. The summed E-state index contributed by atoms with van der Waals surface area (Å²) in [5, 5.41) is 8.10. The minimum atomic E-state index is -4.60. The lowest BCUT2D eigenvalue weighted by Gasteiger charge is -2.22. The number of sulfone groups is 1. The Bertz CT molecular complexity index is 870. The van der Waals surface area contributed by atoms with Crippen LogP contribution in [-0.4, -0.2) is 40.5 Å². The van der Waals surface area contributed by atoms with Gasteiger partial charge in [0.25, 0.3) is 0 Å². The Balaban J connectivity index is 2.04. The van der Waals surface area contributed by atoms with Gasteiger partial charge in [0.2, 0.25) is 9.84 Å². The quantitative estimate of drug-likeness (QED) is 0.409. The summed E-state index contributed by atoms with van der Waals surface area (Å²) >= 11 is 0. The highest BCUT2D eigenvalue weighted by Crippen LogP contribution is 2.24. The number of azo groups is 1. The van der Waals surface area contributed by atoms with Crippen molar-refractivity contribution in [1.82, 2.24) is 0 Å². The van der Waals surface area contributed by atoms with E-state index in [0.717, 1.165) is 30.9 Å². The number of nitrogens with zero attached hydrogens (tertiary/aromatic N) is 3. The predicted octanol–water partition coefficient (Wildman–Crippen LogP) is 4.96. The molecule has 0 saturated carbocycles. The van der Waals surface area contributed by atoms with E-state index in [1.807, 2.05) is 31.2 Å². The van der Waals surface area contributed by atoms with Crippen LogP contribution in [0.3, 0.4) is 0 Å². The van der Waals surface area contributed by atoms with E-state index in [0.29, 0.717) is 24.6 Å². The van der Waals surface area contributed by atoms with Crippen molar-refractivity contribution in [3.8, 4) is 0 Å². The molecular weight excluding hydrogens is 388 g/mol. The van der Waals surface area contributed by atoms with Crippen molar-refractivity contribution in [1.29, 1.82) is 0 Å². The highest BCUT2D eigenvalue weighted by molar-refractivity contribution is 7.91. The number of benzene rings is 2. The number of rotatable bonds is 10. The van der Waals surface area contributed by atoms with Crippen molar-refractivity contribution < 1.29 is 21.9 Å². The van der Waals surface area contributed by atoms with E-state index in [4.69, 9.17) is 4.74 Å². The molecule has 152 valence electrons. The molecule has 2 aromatic rings. The van der Waals surface area contributed by atoms with Crippen molar-refractivity contribution in [3.05, 3.63) is 48.5 Å². The Labute approximate surface area is 163 Å². The van der Waals surface area contributed by atoms with Gasteiger partial charge in [-0.2, -0.15) is 19.0 Å². The van der Waals surface area contributed by atoms with E-state index in [1.165, 1.54) is 12.1 Å². The molecule has 0 aromatic heterocycles. The van der Waals surface area contributed by atoms with Gasteiger partial charge in [-0.05, 0) is 62.4 Å². The van der Waals surface area contributed by atoms with Gasteiger partial charge in [-0.25, -0.2) is 8.42 Å². The van der Waals surface area contributed by atoms with Gasteiger partial charge in [0.05, 0.1) is 22.9 Å². The maximum atomic E-state index is 12.5. The number of likely N-dealkylation sites (N-methyl/N-ethyl adjacent to an activating group) is 1. The molecule has 0 aliphatic rings. The molecule has 0 bridgehead atoms. The molecular formula is C19H23F2N3O3S. The van der Waals surface area contributed by atoms with Gasteiger partial charge >= 0.3 is 5.76 Å². The smallest absolute Gasteiger partial charge is 0.341 e. The van der Waals surface area contributed by atoms with Gasteiger partial charge in [0, 0.05) is 25.4 Å². The van der Waals surface area contributed by atoms with E-state index in [1.54, 1.807) is 0 Å². The molecule has 0 unspecified atom stereocenters. The van der Waals surface area contributed by atoms with Crippen LogP contribution >= 0.6 is 0 Å². The Hall–Kier alpha value is -2.39. The van der Waals surface area contributed by atoms with Gasteiger partial charge < -0.3 is 9.64 Å². The molecule has 0 atom stereocenters. The lowest BCUT2D eigenvalue weighted by atomic mass is 10.2. The number of halogens is 2. The average Bonchev–Trinajstić information content (AvgIpc) is 2.70. The molecule has 0 amide bonds.